The lowest BCUT2D eigenvalue weighted by atomic mass is 10.2. The monoisotopic (exact) mass is 140 g/mol. The summed E-state index contributed by atoms with van der Waals surface area (Å²) in [5.74, 6) is 0. The van der Waals surface area contributed by atoms with Crippen LogP contribution in [0.25, 0.3) is 0 Å². The summed E-state index contributed by atoms with van der Waals surface area (Å²) < 4.78 is 0. The van der Waals surface area contributed by atoms with E-state index < -0.39 is 0 Å². The summed E-state index contributed by atoms with van der Waals surface area (Å²) >= 11 is 0. The highest BCUT2D eigenvalue weighted by Crippen LogP contribution is 1.96. The van der Waals surface area contributed by atoms with Crippen LogP contribution in [0.4, 0.5) is 0 Å². The van der Waals surface area contributed by atoms with E-state index in [0.717, 1.165) is 26.2 Å². The molecular weight excluding hydrogens is 124 g/mol. The molecule has 1 atom stereocenters. The van der Waals surface area contributed by atoms with Gasteiger partial charge >= 0.3 is 0 Å². The lowest BCUT2D eigenvalue weighted by Crippen LogP contribution is -2.49. The van der Waals surface area contributed by atoms with Crippen LogP contribution < -0.4 is 5.32 Å². The van der Waals surface area contributed by atoms with E-state index in [1.165, 1.54) is 0 Å². The van der Waals surface area contributed by atoms with Crippen LogP contribution in [0.2, 0.25) is 0 Å². The maximum absolute atomic E-state index is 3.72. The molecule has 0 radical (unpaired) electrons. The molecule has 0 amide bonds. The Kier molecular flexibility index (Phi) is 2.90. The smallest absolute Gasteiger partial charge is 0.0167 e. The molecular formula is C8H16N2. The van der Waals surface area contributed by atoms with Crippen LogP contribution in [0.5, 0.6) is 0 Å². The van der Waals surface area contributed by atoms with Gasteiger partial charge < -0.3 is 5.32 Å². The van der Waals surface area contributed by atoms with E-state index in [1.54, 1.807) is 0 Å². The standard InChI is InChI=1S/C8H16N2/c1-3-5-10-6-4-9-8(2)7-10/h3,8-9H,1,4-7H2,2H3. The average molecular weight is 140 g/mol. The molecule has 58 valence electrons. The van der Waals surface area contributed by atoms with E-state index in [9.17, 15) is 0 Å². The minimum absolute atomic E-state index is 0.647. The molecule has 0 saturated carbocycles. The van der Waals surface area contributed by atoms with Gasteiger partial charge in [-0.15, -0.1) is 6.58 Å². The van der Waals surface area contributed by atoms with Gasteiger partial charge in [0.2, 0.25) is 0 Å². The molecule has 0 aromatic carbocycles. The maximum Gasteiger partial charge on any atom is 0.0167 e. The predicted octanol–water partition coefficient (Wildman–Crippen LogP) is 0.466. The minimum Gasteiger partial charge on any atom is -0.312 e. The zero-order chi connectivity index (χ0) is 7.40. The summed E-state index contributed by atoms with van der Waals surface area (Å²) in [6.07, 6.45) is 1.97. The van der Waals surface area contributed by atoms with Crippen LogP contribution in [0.1, 0.15) is 6.92 Å². The Morgan fingerprint density at radius 2 is 2.60 bits per heavy atom. The minimum atomic E-state index is 0.647. The van der Waals surface area contributed by atoms with Gasteiger partial charge in [-0.3, -0.25) is 4.90 Å². The highest BCUT2D eigenvalue weighted by atomic mass is 15.2. The zero-order valence-corrected chi connectivity index (χ0v) is 6.64. The first-order valence-corrected chi connectivity index (χ1v) is 3.89. The van der Waals surface area contributed by atoms with Crippen LogP contribution in [-0.4, -0.2) is 37.1 Å². The summed E-state index contributed by atoms with van der Waals surface area (Å²) in [5.41, 5.74) is 0. The molecule has 1 heterocycles. The molecule has 1 unspecified atom stereocenters. The lowest BCUT2D eigenvalue weighted by molar-refractivity contribution is 0.226. The summed E-state index contributed by atoms with van der Waals surface area (Å²) in [7, 11) is 0. The molecule has 2 nitrogen and oxygen atoms in total. The molecule has 2 heteroatoms. The number of hydrogen-bond acceptors (Lipinski definition) is 2. The van der Waals surface area contributed by atoms with Crippen molar-refractivity contribution < 1.29 is 0 Å². The SMILES string of the molecule is C=CCN1CCNC(C)C1. The molecule has 1 aliphatic rings. The summed E-state index contributed by atoms with van der Waals surface area (Å²) in [5, 5.41) is 3.39. The van der Waals surface area contributed by atoms with Crippen molar-refractivity contribution in [3.8, 4) is 0 Å². The highest BCUT2D eigenvalue weighted by Gasteiger charge is 2.12. The van der Waals surface area contributed by atoms with E-state index in [4.69, 9.17) is 0 Å². The summed E-state index contributed by atoms with van der Waals surface area (Å²) in [6, 6.07) is 0.647. The molecule has 0 spiro atoms. The molecule has 1 saturated heterocycles. The second-order valence-electron chi connectivity index (χ2n) is 2.90. The van der Waals surface area contributed by atoms with Crippen molar-refractivity contribution in [3.63, 3.8) is 0 Å². The number of hydrogen-bond donors (Lipinski definition) is 1. The van der Waals surface area contributed by atoms with Crippen molar-refractivity contribution in [2.24, 2.45) is 0 Å². The fraction of sp³-hybridized carbons (Fsp3) is 0.750. The first-order valence-electron chi connectivity index (χ1n) is 3.89. The quantitative estimate of drug-likeness (QED) is 0.561. The first kappa shape index (κ1) is 7.76. The Bertz CT molecular complexity index is 112. The second-order valence-corrected chi connectivity index (χ2v) is 2.90. The largest absolute Gasteiger partial charge is 0.312 e. The molecule has 1 fully saturated rings. The average Bonchev–Trinajstić information content (AvgIpc) is 1.88. The van der Waals surface area contributed by atoms with E-state index in [2.05, 4.69) is 23.7 Å². The van der Waals surface area contributed by atoms with Gasteiger partial charge in [0.15, 0.2) is 0 Å². The Labute approximate surface area is 62.9 Å². The molecule has 10 heavy (non-hydrogen) atoms. The van der Waals surface area contributed by atoms with E-state index in [0.29, 0.717) is 6.04 Å². The third-order valence-corrected chi connectivity index (χ3v) is 1.84. The number of nitrogens with zero attached hydrogens (tertiary/aromatic N) is 1. The van der Waals surface area contributed by atoms with Crippen molar-refractivity contribution >= 4 is 0 Å². The van der Waals surface area contributed by atoms with E-state index in [1.807, 2.05) is 6.08 Å². The Morgan fingerprint density at radius 3 is 3.20 bits per heavy atom. The van der Waals surface area contributed by atoms with Crippen molar-refractivity contribution in [3.05, 3.63) is 12.7 Å². The molecule has 0 bridgehead atoms. The zero-order valence-electron chi connectivity index (χ0n) is 6.64. The molecule has 1 rings (SSSR count). The van der Waals surface area contributed by atoms with Gasteiger partial charge in [-0.2, -0.15) is 0 Å². The molecule has 0 aliphatic carbocycles. The summed E-state index contributed by atoms with van der Waals surface area (Å²) in [6.45, 7) is 10.4. The molecule has 0 aromatic rings. The Hall–Kier alpha value is -0.340. The number of rotatable bonds is 2. The van der Waals surface area contributed by atoms with Gasteiger partial charge in [-0.25, -0.2) is 0 Å². The van der Waals surface area contributed by atoms with Crippen LogP contribution in [0, 0.1) is 0 Å². The maximum atomic E-state index is 3.72. The number of nitrogens with one attached hydrogen (secondary N) is 1. The van der Waals surface area contributed by atoms with Gasteiger partial charge in [-0.05, 0) is 6.92 Å². The Balaban J connectivity index is 2.24. The molecule has 1 aliphatic heterocycles. The third-order valence-electron chi connectivity index (χ3n) is 1.84. The number of piperazine rings is 1. The van der Waals surface area contributed by atoms with Crippen molar-refractivity contribution in [1.29, 1.82) is 0 Å². The normalized spacial score (nSPS) is 28.3. The van der Waals surface area contributed by atoms with Gasteiger partial charge in [0.1, 0.15) is 0 Å². The lowest BCUT2D eigenvalue weighted by Gasteiger charge is -2.30. The molecule has 1 N–H and O–H groups in total. The summed E-state index contributed by atoms with van der Waals surface area (Å²) in [4.78, 5) is 2.41. The van der Waals surface area contributed by atoms with Crippen LogP contribution in [0.15, 0.2) is 12.7 Å². The van der Waals surface area contributed by atoms with Crippen molar-refractivity contribution in [2.45, 2.75) is 13.0 Å². The van der Waals surface area contributed by atoms with Crippen LogP contribution in [-0.2, 0) is 0 Å². The second kappa shape index (κ2) is 3.74. The fourth-order valence-corrected chi connectivity index (χ4v) is 1.36. The van der Waals surface area contributed by atoms with E-state index >= 15 is 0 Å². The van der Waals surface area contributed by atoms with Gasteiger partial charge in [-0.1, -0.05) is 6.08 Å². The van der Waals surface area contributed by atoms with Gasteiger partial charge in [0.05, 0.1) is 0 Å². The van der Waals surface area contributed by atoms with Gasteiger partial charge in [0, 0.05) is 32.2 Å². The topological polar surface area (TPSA) is 15.3 Å². The third kappa shape index (κ3) is 2.12. The van der Waals surface area contributed by atoms with E-state index in [-0.39, 0.29) is 0 Å². The van der Waals surface area contributed by atoms with Crippen LogP contribution >= 0.6 is 0 Å². The van der Waals surface area contributed by atoms with Crippen molar-refractivity contribution in [2.75, 3.05) is 26.2 Å². The first-order chi connectivity index (χ1) is 4.83. The predicted molar refractivity (Wildman–Crippen MR) is 44.1 cm³/mol. The molecule has 0 aromatic heterocycles. The van der Waals surface area contributed by atoms with Crippen LogP contribution in [0.3, 0.4) is 0 Å². The fourth-order valence-electron chi connectivity index (χ4n) is 1.36. The van der Waals surface area contributed by atoms with Crippen molar-refractivity contribution in [1.82, 2.24) is 10.2 Å². The highest BCUT2D eigenvalue weighted by molar-refractivity contribution is 4.80. The Morgan fingerprint density at radius 1 is 1.80 bits per heavy atom. The van der Waals surface area contributed by atoms with Gasteiger partial charge in [0.25, 0.3) is 0 Å².